The quantitative estimate of drug-likeness (QED) is 0.688. The van der Waals surface area contributed by atoms with Gasteiger partial charge in [-0.1, -0.05) is 19.1 Å². The number of fused-ring (bicyclic) bond motifs is 1. The van der Waals surface area contributed by atoms with Crippen molar-refractivity contribution in [3.05, 3.63) is 57.2 Å². The van der Waals surface area contributed by atoms with Crippen molar-refractivity contribution in [3.63, 3.8) is 0 Å². The Morgan fingerprint density at radius 1 is 1.36 bits per heavy atom. The van der Waals surface area contributed by atoms with Crippen LogP contribution in [0.15, 0.2) is 34.4 Å². The molecule has 28 heavy (non-hydrogen) atoms. The lowest BCUT2D eigenvalue weighted by molar-refractivity contribution is 0.0600. The molecule has 8 heteroatoms. The van der Waals surface area contributed by atoms with Crippen LogP contribution < -0.4 is 11.3 Å². The molecule has 3 rings (SSSR count). The van der Waals surface area contributed by atoms with Crippen LogP contribution in [0.4, 0.5) is 9.18 Å². The molecule has 3 aromatic rings. The van der Waals surface area contributed by atoms with Gasteiger partial charge in [0.2, 0.25) is 0 Å². The van der Waals surface area contributed by atoms with Crippen LogP contribution in [-0.4, -0.2) is 21.1 Å². The summed E-state index contributed by atoms with van der Waals surface area (Å²) in [4.78, 5) is 27.9. The van der Waals surface area contributed by atoms with E-state index < -0.39 is 11.7 Å². The topological polar surface area (TPSA) is 86.7 Å². The number of halogens is 1. The van der Waals surface area contributed by atoms with Gasteiger partial charge in [-0.3, -0.25) is 9.20 Å². The number of nitrogens with two attached hydrogens (primary N) is 1. The lowest BCUT2D eigenvalue weighted by Gasteiger charge is -2.16. The van der Waals surface area contributed by atoms with Gasteiger partial charge in [0.1, 0.15) is 11.4 Å². The van der Waals surface area contributed by atoms with Crippen molar-refractivity contribution in [1.29, 1.82) is 0 Å². The van der Waals surface area contributed by atoms with Gasteiger partial charge in [-0.25, -0.2) is 14.2 Å². The summed E-state index contributed by atoms with van der Waals surface area (Å²) in [6.45, 7) is 9.10. The van der Waals surface area contributed by atoms with Crippen LogP contribution in [0.3, 0.4) is 0 Å². The van der Waals surface area contributed by atoms with E-state index in [0.717, 1.165) is 5.69 Å². The maximum atomic E-state index is 13.4. The zero-order valence-electron chi connectivity index (χ0n) is 16.6. The summed E-state index contributed by atoms with van der Waals surface area (Å²) in [5, 5.41) is 1.90. The van der Waals surface area contributed by atoms with Gasteiger partial charge in [-0.15, -0.1) is 11.3 Å². The molecule has 0 saturated heterocycles. The number of thiazole rings is 1. The predicted octanol–water partition coefficient (Wildman–Crippen LogP) is 4.31. The SMILES string of the molecule is CC(C)(C)OC(N)=O.CCc1nc2scc(C)n2c(=O)c1-c1cccc(F)c1. The zero-order valence-corrected chi connectivity index (χ0v) is 17.4. The minimum Gasteiger partial charge on any atom is -0.444 e. The van der Waals surface area contributed by atoms with Crippen LogP contribution in [0.5, 0.6) is 0 Å². The minimum absolute atomic E-state index is 0.129. The summed E-state index contributed by atoms with van der Waals surface area (Å²) in [5.74, 6) is -0.351. The fraction of sp³-hybridized carbons (Fsp3) is 0.350. The highest BCUT2D eigenvalue weighted by atomic mass is 32.1. The molecule has 0 saturated carbocycles. The average molecular weight is 405 g/mol. The first kappa shape index (κ1) is 21.6. The Morgan fingerprint density at radius 3 is 2.54 bits per heavy atom. The van der Waals surface area contributed by atoms with E-state index in [-0.39, 0.29) is 11.4 Å². The van der Waals surface area contributed by atoms with Gasteiger partial charge in [0.15, 0.2) is 4.96 Å². The Kier molecular flexibility index (Phi) is 6.56. The molecular formula is C20H24FN3O3S. The highest BCUT2D eigenvalue weighted by Gasteiger charge is 2.16. The summed E-state index contributed by atoms with van der Waals surface area (Å²) < 4.78 is 19.6. The van der Waals surface area contributed by atoms with Crippen molar-refractivity contribution in [2.24, 2.45) is 5.73 Å². The lowest BCUT2D eigenvalue weighted by atomic mass is 10.0. The largest absolute Gasteiger partial charge is 0.444 e. The van der Waals surface area contributed by atoms with Crippen LogP contribution in [0.1, 0.15) is 39.1 Å². The molecule has 0 aliphatic heterocycles. The fourth-order valence-electron chi connectivity index (χ4n) is 2.62. The van der Waals surface area contributed by atoms with E-state index in [9.17, 15) is 14.0 Å². The first-order valence-electron chi connectivity index (χ1n) is 8.77. The monoisotopic (exact) mass is 405 g/mol. The second-order valence-electron chi connectivity index (χ2n) is 7.13. The number of primary amides is 1. The lowest BCUT2D eigenvalue weighted by Crippen LogP contribution is -2.27. The van der Waals surface area contributed by atoms with Gasteiger partial charge in [0, 0.05) is 11.1 Å². The third kappa shape index (κ3) is 5.16. The van der Waals surface area contributed by atoms with Crippen molar-refractivity contribution in [2.45, 2.75) is 46.6 Å². The number of aryl methyl sites for hydroxylation is 2. The Labute approximate surface area is 166 Å². The Morgan fingerprint density at radius 2 is 2.04 bits per heavy atom. The maximum Gasteiger partial charge on any atom is 0.405 e. The van der Waals surface area contributed by atoms with Gasteiger partial charge < -0.3 is 10.5 Å². The number of hydrogen-bond acceptors (Lipinski definition) is 5. The summed E-state index contributed by atoms with van der Waals surface area (Å²) in [6.07, 6.45) is -0.0911. The van der Waals surface area contributed by atoms with Crippen LogP contribution in [0.2, 0.25) is 0 Å². The molecule has 2 aromatic heterocycles. The average Bonchev–Trinajstić information content (AvgIpc) is 2.94. The summed E-state index contributed by atoms with van der Waals surface area (Å²) in [5.41, 5.74) is 6.77. The molecule has 0 spiro atoms. The molecular weight excluding hydrogens is 381 g/mol. The number of benzene rings is 1. The Balaban J connectivity index is 0.000000300. The van der Waals surface area contributed by atoms with Crippen LogP contribution in [-0.2, 0) is 11.2 Å². The van der Waals surface area contributed by atoms with E-state index in [2.05, 4.69) is 9.72 Å². The van der Waals surface area contributed by atoms with Crippen molar-refractivity contribution >= 4 is 22.4 Å². The number of carbonyl (C=O) groups excluding carboxylic acids is 1. The van der Waals surface area contributed by atoms with Crippen LogP contribution in [0.25, 0.3) is 16.1 Å². The molecule has 0 bridgehead atoms. The number of aromatic nitrogens is 2. The maximum absolute atomic E-state index is 13.4. The smallest absolute Gasteiger partial charge is 0.405 e. The zero-order chi connectivity index (χ0) is 21.1. The standard InChI is InChI=1S/C15H13FN2OS.C5H11NO2/c1-3-12-13(10-5-4-6-11(16)7-10)14(19)18-9(2)8-20-15(18)17-12;1-5(2,3)8-4(6)7/h4-8H,3H2,1-2H3;1-3H3,(H2,6,7). The molecule has 0 fully saturated rings. The third-order valence-electron chi connectivity index (χ3n) is 3.67. The number of ether oxygens (including phenoxy) is 1. The fourth-order valence-corrected chi connectivity index (χ4v) is 3.49. The van der Waals surface area contributed by atoms with Crippen molar-refractivity contribution in [2.75, 3.05) is 0 Å². The van der Waals surface area contributed by atoms with E-state index in [1.807, 2.05) is 19.2 Å². The first-order chi connectivity index (χ1) is 13.0. The van der Waals surface area contributed by atoms with E-state index in [4.69, 9.17) is 5.73 Å². The molecule has 2 N–H and O–H groups in total. The number of nitrogens with zero attached hydrogens (tertiary/aromatic N) is 2. The molecule has 0 aliphatic carbocycles. The second-order valence-corrected chi connectivity index (χ2v) is 7.97. The molecule has 1 amide bonds. The van der Waals surface area contributed by atoms with Crippen LogP contribution in [0, 0.1) is 12.7 Å². The number of hydrogen-bond donors (Lipinski definition) is 1. The molecule has 1 aromatic carbocycles. The molecule has 0 atom stereocenters. The van der Waals surface area contributed by atoms with E-state index >= 15 is 0 Å². The van der Waals surface area contributed by atoms with E-state index in [1.165, 1.54) is 23.5 Å². The van der Waals surface area contributed by atoms with E-state index in [1.54, 1.807) is 37.3 Å². The highest BCUT2D eigenvalue weighted by Crippen LogP contribution is 2.23. The Bertz CT molecular complexity index is 1050. The summed E-state index contributed by atoms with van der Waals surface area (Å²) in [6, 6.07) is 6.11. The normalized spacial score (nSPS) is 11.1. The van der Waals surface area contributed by atoms with Gasteiger partial charge in [-0.05, 0) is 51.8 Å². The van der Waals surface area contributed by atoms with E-state index in [0.29, 0.717) is 28.2 Å². The summed E-state index contributed by atoms with van der Waals surface area (Å²) >= 11 is 1.44. The molecule has 6 nitrogen and oxygen atoms in total. The van der Waals surface area contributed by atoms with Gasteiger partial charge in [0.05, 0.1) is 11.3 Å². The molecule has 0 radical (unpaired) electrons. The highest BCUT2D eigenvalue weighted by molar-refractivity contribution is 7.15. The third-order valence-corrected chi connectivity index (χ3v) is 4.61. The molecule has 2 heterocycles. The molecule has 150 valence electrons. The Hall–Kier alpha value is -2.74. The first-order valence-corrected chi connectivity index (χ1v) is 9.65. The molecule has 0 aliphatic rings. The summed E-state index contributed by atoms with van der Waals surface area (Å²) in [7, 11) is 0. The number of amides is 1. The van der Waals surface area contributed by atoms with Crippen molar-refractivity contribution in [1.82, 2.24) is 9.38 Å². The number of carbonyl (C=O) groups is 1. The second kappa shape index (κ2) is 8.52. The van der Waals surface area contributed by atoms with Crippen molar-refractivity contribution < 1.29 is 13.9 Å². The van der Waals surface area contributed by atoms with Crippen LogP contribution >= 0.6 is 11.3 Å². The minimum atomic E-state index is -0.725. The van der Waals surface area contributed by atoms with Gasteiger partial charge in [-0.2, -0.15) is 0 Å². The predicted molar refractivity (Wildman–Crippen MR) is 109 cm³/mol. The van der Waals surface area contributed by atoms with Gasteiger partial charge in [0.25, 0.3) is 5.56 Å². The number of rotatable bonds is 2. The van der Waals surface area contributed by atoms with Crippen molar-refractivity contribution in [3.8, 4) is 11.1 Å². The molecule has 0 unspecified atom stereocenters. The van der Waals surface area contributed by atoms with Gasteiger partial charge >= 0.3 is 6.09 Å².